The molecular formula is C42H58BNO8Si. The molecule has 0 unspecified atom stereocenters. The highest BCUT2D eigenvalue weighted by Gasteiger charge is 2.55. The molecule has 2 saturated heterocycles. The highest BCUT2D eigenvalue weighted by atomic mass is 28.4. The van der Waals surface area contributed by atoms with Crippen LogP contribution >= 0.6 is 0 Å². The predicted molar refractivity (Wildman–Crippen MR) is 211 cm³/mol. The Hall–Kier alpha value is -3.35. The molecule has 0 radical (unpaired) electrons. The van der Waals surface area contributed by atoms with Crippen molar-refractivity contribution in [1.29, 1.82) is 0 Å². The van der Waals surface area contributed by atoms with Gasteiger partial charge in [-0.25, -0.2) is 4.79 Å². The number of carbonyl (C=O) groups excluding carboxylic acids is 1. The minimum atomic E-state index is -2.21. The second-order valence-electron chi connectivity index (χ2n) is 17.8. The first-order valence-electron chi connectivity index (χ1n) is 18.8. The van der Waals surface area contributed by atoms with Crippen LogP contribution in [0.2, 0.25) is 18.1 Å². The number of rotatable bonds is 10. The van der Waals surface area contributed by atoms with Crippen LogP contribution in [0.15, 0.2) is 66.7 Å². The molecule has 0 bridgehead atoms. The topological polar surface area (TPSA) is 84.9 Å². The second-order valence-corrected chi connectivity index (χ2v) is 22.6. The third-order valence-corrected chi connectivity index (χ3v) is 16.7. The summed E-state index contributed by atoms with van der Waals surface area (Å²) in [6.45, 7) is 24.7. The maximum Gasteiger partial charge on any atom is 0.498 e. The fourth-order valence-electron chi connectivity index (χ4n) is 7.18. The van der Waals surface area contributed by atoms with Gasteiger partial charge in [0.05, 0.1) is 43.0 Å². The molecule has 1 amide bonds. The first kappa shape index (κ1) is 39.3. The molecule has 3 aromatic carbocycles. The minimum absolute atomic E-state index is 0.000805. The first-order valence-corrected chi connectivity index (χ1v) is 21.7. The van der Waals surface area contributed by atoms with Gasteiger partial charge in [-0.1, -0.05) is 81.4 Å². The number of carbonyl (C=O) groups is 1. The molecule has 0 aliphatic carbocycles. The van der Waals surface area contributed by atoms with Crippen molar-refractivity contribution in [3.05, 3.63) is 89.0 Å². The average Bonchev–Trinajstić information content (AvgIpc) is 3.69. The van der Waals surface area contributed by atoms with Gasteiger partial charge >= 0.3 is 13.2 Å². The Kier molecular flexibility index (Phi) is 10.4. The molecule has 3 heterocycles. The fourth-order valence-corrected chi connectivity index (χ4v) is 8.22. The molecule has 0 spiro atoms. The second kappa shape index (κ2) is 14.1. The number of amides is 1. The van der Waals surface area contributed by atoms with Crippen molar-refractivity contribution in [3.63, 3.8) is 0 Å². The van der Waals surface area contributed by atoms with Gasteiger partial charge in [0.15, 0.2) is 8.32 Å². The van der Waals surface area contributed by atoms with E-state index >= 15 is 0 Å². The van der Waals surface area contributed by atoms with Crippen molar-refractivity contribution in [2.24, 2.45) is 0 Å². The molecule has 2 fully saturated rings. The molecule has 3 aromatic rings. The number of hydrogen-bond donors (Lipinski definition) is 0. The molecule has 0 saturated carbocycles. The smallest absolute Gasteiger partial charge is 0.496 e. The van der Waals surface area contributed by atoms with Crippen LogP contribution < -0.4 is 14.9 Å². The Morgan fingerprint density at radius 1 is 0.906 bits per heavy atom. The Morgan fingerprint density at radius 2 is 1.58 bits per heavy atom. The predicted octanol–water partition coefficient (Wildman–Crippen LogP) is 8.01. The number of benzene rings is 3. The largest absolute Gasteiger partial charge is 0.498 e. The molecule has 9 nitrogen and oxygen atoms in total. The van der Waals surface area contributed by atoms with Crippen LogP contribution in [0, 0.1) is 0 Å². The monoisotopic (exact) mass is 743 g/mol. The van der Waals surface area contributed by atoms with Crippen LogP contribution in [0.1, 0.15) is 84.6 Å². The summed E-state index contributed by atoms with van der Waals surface area (Å²) in [5.41, 5.74) is 2.28. The molecule has 11 heteroatoms. The van der Waals surface area contributed by atoms with Crippen molar-refractivity contribution in [1.82, 2.24) is 4.90 Å². The molecule has 53 heavy (non-hydrogen) atoms. The summed E-state index contributed by atoms with van der Waals surface area (Å²) in [7, 11) is -1.09. The molecule has 0 N–H and O–H groups in total. The highest BCUT2D eigenvalue weighted by molar-refractivity contribution is 6.74. The van der Waals surface area contributed by atoms with Crippen LogP contribution in [-0.4, -0.2) is 76.3 Å². The molecule has 0 aromatic heterocycles. The van der Waals surface area contributed by atoms with E-state index < -0.39 is 43.9 Å². The van der Waals surface area contributed by atoms with Gasteiger partial charge in [-0.3, -0.25) is 4.90 Å². The van der Waals surface area contributed by atoms with E-state index in [9.17, 15) is 4.79 Å². The van der Waals surface area contributed by atoms with Gasteiger partial charge in [0, 0.05) is 16.6 Å². The third kappa shape index (κ3) is 7.40. The third-order valence-electron chi connectivity index (χ3n) is 12.2. The van der Waals surface area contributed by atoms with Crippen molar-refractivity contribution < 1.29 is 37.5 Å². The lowest BCUT2D eigenvalue weighted by Crippen LogP contribution is -2.48. The Bertz CT molecular complexity index is 1790. The van der Waals surface area contributed by atoms with E-state index in [-0.39, 0.29) is 17.7 Å². The number of fused-ring (bicyclic) bond motifs is 1. The lowest BCUT2D eigenvalue weighted by Gasteiger charge is -2.40. The summed E-state index contributed by atoms with van der Waals surface area (Å²) in [4.78, 5) is 15.4. The van der Waals surface area contributed by atoms with E-state index in [2.05, 4.69) is 85.8 Å². The van der Waals surface area contributed by atoms with Crippen LogP contribution in [0.3, 0.4) is 0 Å². The Morgan fingerprint density at radius 3 is 2.23 bits per heavy atom. The van der Waals surface area contributed by atoms with Gasteiger partial charge in [0.2, 0.25) is 0 Å². The molecule has 3 aliphatic heterocycles. The summed E-state index contributed by atoms with van der Waals surface area (Å²) >= 11 is 0. The Labute approximate surface area is 317 Å². The van der Waals surface area contributed by atoms with Crippen molar-refractivity contribution in [2.45, 2.75) is 122 Å². The van der Waals surface area contributed by atoms with Crippen molar-refractivity contribution >= 4 is 27.0 Å². The van der Waals surface area contributed by atoms with Crippen molar-refractivity contribution in [2.75, 3.05) is 26.9 Å². The van der Waals surface area contributed by atoms with Gasteiger partial charge < -0.3 is 32.7 Å². The minimum Gasteiger partial charge on any atom is -0.496 e. The van der Waals surface area contributed by atoms with Gasteiger partial charge in [0.1, 0.15) is 30.4 Å². The number of methoxy groups -OCH3 is 1. The summed E-state index contributed by atoms with van der Waals surface area (Å²) in [5.74, 6) is 1.50. The number of hydrogen-bond acceptors (Lipinski definition) is 8. The van der Waals surface area contributed by atoms with Gasteiger partial charge in [-0.2, -0.15) is 0 Å². The van der Waals surface area contributed by atoms with Crippen LogP contribution in [0.4, 0.5) is 4.79 Å². The maximum absolute atomic E-state index is 13.6. The van der Waals surface area contributed by atoms with E-state index in [0.29, 0.717) is 26.2 Å². The van der Waals surface area contributed by atoms with Crippen LogP contribution in [0.5, 0.6) is 11.5 Å². The molecule has 2 atom stereocenters. The number of ether oxygens (including phenoxy) is 4. The summed E-state index contributed by atoms with van der Waals surface area (Å²) in [5, 5.41) is 0.000805. The van der Waals surface area contributed by atoms with Gasteiger partial charge in [-0.15, -0.1) is 0 Å². The first-order chi connectivity index (χ1) is 24.7. The molecular weight excluding hydrogens is 685 g/mol. The van der Waals surface area contributed by atoms with E-state index in [1.807, 2.05) is 56.3 Å². The lowest BCUT2D eigenvalue weighted by atomic mass is 9.71. The SMILES string of the molecule is COc1ccc(C[C@H]2COC(C)(C)N2C(=O)OCc2ccccc2)cc1[C@@]1(CO[Si](C)(C)C(C)(C)C)COc2c(B3OC(C)(C)C(C)(C)O3)cccc21. The zero-order chi connectivity index (χ0) is 38.6. The summed E-state index contributed by atoms with van der Waals surface area (Å²) < 4.78 is 45.0. The van der Waals surface area contributed by atoms with Crippen molar-refractivity contribution in [3.8, 4) is 11.5 Å². The Balaban J connectivity index is 1.38. The van der Waals surface area contributed by atoms with Crippen LogP contribution in [0.25, 0.3) is 0 Å². The quantitative estimate of drug-likeness (QED) is 0.193. The number of para-hydroxylation sites is 1. The van der Waals surface area contributed by atoms with E-state index in [1.165, 1.54) is 0 Å². The highest BCUT2D eigenvalue weighted by Crippen LogP contribution is 2.49. The van der Waals surface area contributed by atoms with Crippen LogP contribution in [-0.2, 0) is 41.7 Å². The zero-order valence-corrected chi connectivity index (χ0v) is 34.8. The molecule has 6 rings (SSSR count). The average molecular weight is 744 g/mol. The van der Waals surface area contributed by atoms with Gasteiger partial charge in [0.25, 0.3) is 0 Å². The zero-order valence-electron chi connectivity index (χ0n) is 33.8. The molecule has 286 valence electrons. The standard InChI is InChI=1S/C42H58BNO8Si/c1-38(2,3)53(11,12)50-28-42(27-48-36-32(42)19-16-20-34(36)43-51-39(4,5)40(6,7)52-43)33-24-30(21-22-35(33)46-10)23-31-26-49-41(8,9)44(31)37(45)47-25-29-17-14-13-15-18-29/h13-22,24,31H,23,25-28H2,1-12H3/t31-,42+/m0/s1. The van der Waals surface area contributed by atoms with E-state index in [1.54, 1.807) is 12.0 Å². The summed E-state index contributed by atoms with van der Waals surface area (Å²) in [6.07, 6.45) is 0.157. The van der Waals surface area contributed by atoms with Gasteiger partial charge in [-0.05, 0) is 83.3 Å². The normalized spacial score (nSPS) is 23.1. The fraction of sp³-hybridized carbons (Fsp3) is 0.548. The van der Waals surface area contributed by atoms with E-state index in [0.717, 1.165) is 39.2 Å². The molecule has 3 aliphatic rings. The van der Waals surface area contributed by atoms with E-state index in [4.69, 9.17) is 32.7 Å². The summed E-state index contributed by atoms with van der Waals surface area (Å²) in [6, 6.07) is 22.0. The maximum atomic E-state index is 13.6. The lowest BCUT2D eigenvalue weighted by molar-refractivity contribution is -0.0491. The number of nitrogens with zero attached hydrogens (tertiary/aromatic N) is 1.